The molecule has 0 bridgehead atoms. The van der Waals surface area contributed by atoms with E-state index in [0.29, 0.717) is 19.6 Å². The first-order chi connectivity index (χ1) is 18.1. The van der Waals surface area contributed by atoms with Crippen LogP contribution in [0.25, 0.3) is 0 Å². The summed E-state index contributed by atoms with van der Waals surface area (Å²) in [7, 11) is -0.657. The van der Waals surface area contributed by atoms with Gasteiger partial charge >= 0.3 is 7.60 Å². The van der Waals surface area contributed by atoms with Crippen molar-refractivity contribution in [3.8, 4) is 0 Å². The Bertz CT molecular complexity index is 1190. The van der Waals surface area contributed by atoms with Gasteiger partial charge in [0.15, 0.2) is 0 Å². The molecule has 4 aromatic carbocycles. The van der Waals surface area contributed by atoms with Crippen LogP contribution < -0.4 is 5.32 Å². The summed E-state index contributed by atoms with van der Waals surface area (Å²) in [5.74, 6) is -0.603. The topological polar surface area (TPSA) is 50.8 Å². The average molecular weight is 515 g/mol. The molecular formula is C31H35N2O3P. The van der Waals surface area contributed by atoms with Crippen molar-refractivity contribution in [1.29, 1.82) is 0 Å². The van der Waals surface area contributed by atoms with Gasteiger partial charge in [-0.1, -0.05) is 121 Å². The standard InChI is InChI=1S/C31H35N2O3P/c1-35-37(34,36-2)31(30(29-21-13-6-14-22-29)32-23-26-15-7-3-8-16-26)33(24-27-17-9-4-10-18-27)25-28-19-11-5-12-20-28/h3-22,30-32H,23-25H2,1-2H3/t30-,31+/m0/s1. The Hall–Kier alpha value is -3.05. The molecule has 5 nitrogen and oxygen atoms in total. The molecule has 0 aromatic heterocycles. The minimum Gasteiger partial charge on any atom is -0.311 e. The van der Waals surface area contributed by atoms with Gasteiger partial charge in [0, 0.05) is 33.9 Å². The summed E-state index contributed by atoms with van der Waals surface area (Å²) in [6.45, 7) is 1.76. The lowest BCUT2D eigenvalue weighted by Gasteiger charge is -2.40. The highest BCUT2D eigenvalue weighted by molar-refractivity contribution is 7.54. The minimum absolute atomic E-state index is 0.334. The van der Waals surface area contributed by atoms with Crippen molar-refractivity contribution in [2.24, 2.45) is 0 Å². The Kier molecular flexibility index (Phi) is 9.84. The fourth-order valence-electron chi connectivity index (χ4n) is 4.64. The smallest absolute Gasteiger partial charge is 0.311 e. The Morgan fingerprint density at radius 2 is 1.05 bits per heavy atom. The second kappa shape index (κ2) is 13.5. The van der Waals surface area contributed by atoms with Crippen molar-refractivity contribution >= 4 is 7.60 Å². The van der Waals surface area contributed by atoms with Crippen LogP contribution >= 0.6 is 7.60 Å². The van der Waals surface area contributed by atoms with Crippen LogP contribution in [0.3, 0.4) is 0 Å². The number of hydrogen-bond donors (Lipinski definition) is 1. The maximum atomic E-state index is 14.4. The van der Waals surface area contributed by atoms with Crippen molar-refractivity contribution in [3.05, 3.63) is 144 Å². The molecule has 0 aliphatic rings. The van der Waals surface area contributed by atoms with Gasteiger partial charge in [-0.25, -0.2) is 0 Å². The van der Waals surface area contributed by atoms with Crippen LogP contribution in [-0.4, -0.2) is 24.9 Å². The second-order valence-corrected chi connectivity index (χ2v) is 11.3. The van der Waals surface area contributed by atoms with Gasteiger partial charge in [-0.2, -0.15) is 0 Å². The third-order valence-corrected chi connectivity index (χ3v) is 8.78. The van der Waals surface area contributed by atoms with Gasteiger partial charge in [-0.15, -0.1) is 0 Å². The third kappa shape index (κ3) is 7.26. The Morgan fingerprint density at radius 1 is 0.649 bits per heavy atom. The normalized spacial score (nSPS) is 13.4. The van der Waals surface area contributed by atoms with Crippen molar-refractivity contribution < 1.29 is 13.6 Å². The molecule has 0 saturated carbocycles. The number of benzene rings is 4. The molecule has 1 N–H and O–H groups in total. The van der Waals surface area contributed by atoms with E-state index in [1.165, 1.54) is 14.2 Å². The van der Waals surface area contributed by atoms with Crippen LogP contribution in [0.5, 0.6) is 0 Å². The van der Waals surface area contributed by atoms with E-state index in [2.05, 4.69) is 58.7 Å². The SMILES string of the molecule is COP(=O)(OC)[C@H]([C@@H](NCc1ccccc1)c1ccccc1)N(Cc1ccccc1)Cc1ccccc1. The summed E-state index contributed by atoms with van der Waals surface area (Å²) in [6, 6.07) is 40.5. The van der Waals surface area contributed by atoms with Crippen molar-refractivity contribution in [3.63, 3.8) is 0 Å². The lowest BCUT2D eigenvalue weighted by atomic mass is 10.0. The van der Waals surface area contributed by atoms with E-state index < -0.39 is 13.4 Å². The first kappa shape index (κ1) is 27.0. The number of nitrogens with zero attached hydrogens (tertiary/aromatic N) is 1. The number of rotatable bonds is 13. The van der Waals surface area contributed by atoms with Crippen LogP contribution in [0, 0.1) is 0 Å². The Balaban J connectivity index is 1.80. The zero-order valence-electron chi connectivity index (χ0n) is 21.4. The van der Waals surface area contributed by atoms with E-state index in [1.54, 1.807) is 0 Å². The molecule has 192 valence electrons. The second-order valence-electron chi connectivity index (χ2n) is 8.95. The first-order valence-corrected chi connectivity index (χ1v) is 14.1. The third-order valence-electron chi connectivity index (χ3n) is 6.49. The molecule has 0 spiro atoms. The minimum atomic E-state index is -3.60. The molecule has 4 aromatic rings. The van der Waals surface area contributed by atoms with Crippen molar-refractivity contribution in [2.45, 2.75) is 31.5 Å². The van der Waals surface area contributed by atoms with Crippen LogP contribution in [0.4, 0.5) is 0 Å². The lowest BCUT2D eigenvalue weighted by Crippen LogP contribution is -2.44. The Labute approximate surface area is 220 Å². The maximum absolute atomic E-state index is 14.4. The van der Waals surface area contributed by atoms with Gasteiger partial charge in [0.25, 0.3) is 0 Å². The highest BCUT2D eigenvalue weighted by Gasteiger charge is 2.44. The molecule has 4 rings (SSSR count). The predicted molar refractivity (Wildman–Crippen MR) is 150 cm³/mol. The maximum Gasteiger partial charge on any atom is 0.349 e. The van der Waals surface area contributed by atoms with E-state index in [9.17, 15) is 4.57 Å². The summed E-state index contributed by atoms with van der Waals surface area (Å²) in [4.78, 5) is 2.22. The van der Waals surface area contributed by atoms with E-state index in [0.717, 1.165) is 22.3 Å². The molecule has 0 aliphatic heterocycles. The number of hydrogen-bond acceptors (Lipinski definition) is 5. The lowest BCUT2D eigenvalue weighted by molar-refractivity contribution is 0.147. The first-order valence-electron chi connectivity index (χ1n) is 12.5. The van der Waals surface area contributed by atoms with E-state index in [4.69, 9.17) is 9.05 Å². The van der Waals surface area contributed by atoms with E-state index >= 15 is 0 Å². The van der Waals surface area contributed by atoms with Gasteiger partial charge in [-0.05, 0) is 22.3 Å². The summed E-state index contributed by atoms with van der Waals surface area (Å²) >= 11 is 0. The van der Waals surface area contributed by atoms with Crippen LogP contribution in [0.2, 0.25) is 0 Å². The molecule has 6 heteroatoms. The van der Waals surface area contributed by atoms with Gasteiger partial charge < -0.3 is 14.4 Å². The van der Waals surface area contributed by atoms with Gasteiger partial charge in [0.2, 0.25) is 0 Å². The van der Waals surface area contributed by atoms with Gasteiger partial charge in [-0.3, -0.25) is 9.46 Å². The molecule has 0 unspecified atom stereocenters. The largest absolute Gasteiger partial charge is 0.349 e. The summed E-state index contributed by atoms with van der Waals surface area (Å²) in [6.07, 6.45) is 0. The Morgan fingerprint density at radius 3 is 1.49 bits per heavy atom. The molecule has 0 aliphatic carbocycles. The van der Waals surface area contributed by atoms with Crippen LogP contribution in [0.1, 0.15) is 28.3 Å². The molecule has 0 amide bonds. The van der Waals surface area contributed by atoms with E-state index in [1.807, 2.05) is 72.8 Å². The van der Waals surface area contributed by atoms with Crippen LogP contribution in [0.15, 0.2) is 121 Å². The number of nitrogens with one attached hydrogen (secondary N) is 1. The average Bonchev–Trinajstić information content (AvgIpc) is 2.97. The van der Waals surface area contributed by atoms with Crippen LogP contribution in [-0.2, 0) is 33.2 Å². The quantitative estimate of drug-likeness (QED) is 0.194. The summed E-state index contributed by atoms with van der Waals surface area (Å²) in [5, 5.41) is 3.70. The molecule has 37 heavy (non-hydrogen) atoms. The van der Waals surface area contributed by atoms with Crippen molar-refractivity contribution in [2.75, 3.05) is 14.2 Å². The zero-order chi connectivity index (χ0) is 25.9. The van der Waals surface area contributed by atoms with Gasteiger partial charge in [0.05, 0.1) is 6.04 Å². The fourth-order valence-corrected chi connectivity index (χ4v) is 6.43. The monoisotopic (exact) mass is 514 g/mol. The predicted octanol–water partition coefficient (Wildman–Crippen LogP) is 7.03. The summed E-state index contributed by atoms with van der Waals surface area (Å²) in [5.41, 5.74) is 4.41. The van der Waals surface area contributed by atoms with E-state index in [-0.39, 0.29) is 6.04 Å². The molecule has 0 radical (unpaired) electrons. The van der Waals surface area contributed by atoms with Crippen molar-refractivity contribution in [1.82, 2.24) is 10.2 Å². The molecule has 2 atom stereocenters. The molecule has 0 heterocycles. The highest BCUT2D eigenvalue weighted by Crippen LogP contribution is 2.57. The summed E-state index contributed by atoms with van der Waals surface area (Å²) < 4.78 is 25.8. The fraction of sp³-hybridized carbons (Fsp3) is 0.226. The zero-order valence-corrected chi connectivity index (χ0v) is 22.3. The molecule has 0 saturated heterocycles. The van der Waals surface area contributed by atoms with Gasteiger partial charge in [0.1, 0.15) is 5.78 Å². The molecule has 0 fully saturated rings. The molecular weight excluding hydrogens is 479 g/mol. The highest BCUT2D eigenvalue weighted by atomic mass is 31.2.